The summed E-state index contributed by atoms with van der Waals surface area (Å²) in [7, 11) is 2.95. The molecule has 0 radical (unpaired) electrons. The number of anilines is 1. The molecule has 3 rings (SSSR count). The number of hydrazone groups is 1. The maximum atomic E-state index is 12.4. The van der Waals surface area contributed by atoms with Crippen molar-refractivity contribution < 1.29 is 28.6 Å². The van der Waals surface area contributed by atoms with Gasteiger partial charge in [0.2, 0.25) is 0 Å². The van der Waals surface area contributed by atoms with E-state index in [1.807, 2.05) is 0 Å². The van der Waals surface area contributed by atoms with Crippen LogP contribution < -0.4 is 25.0 Å². The molecule has 0 aromatic heterocycles. The number of methoxy groups -OCH3 is 2. The van der Waals surface area contributed by atoms with Crippen molar-refractivity contribution in [3.63, 3.8) is 0 Å². The molecule has 2 amide bonds. The van der Waals surface area contributed by atoms with Crippen LogP contribution in [0.3, 0.4) is 0 Å². The highest BCUT2D eigenvalue weighted by atomic mass is 35.5. The van der Waals surface area contributed by atoms with Gasteiger partial charge in [0.25, 0.3) is 0 Å². The normalized spacial score (nSPS) is 10.4. The molecular weight excluding hydrogens is 462 g/mol. The molecule has 0 atom stereocenters. The highest BCUT2D eigenvalue weighted by Crippen LogP contribution is 2.28. The first kappa shape index (κ1) is 24.3. The molecular formula is C24H20ClN3O6. The number of hydrogen-bond donors (Lipinski definition) is 2. The zero-order valence-corrected chi connectivity index (χ0v) is 19.0. The Morgan fingerprint density at radius 2 is 1.62 bits per heavy atom. The highest BCUT2D eigenvalue weighted by molar-refractivity contribution is 6.41. The number of amides is 2. The Hall–Kier alpha value is -4.37. The lowest BCUT2D eigenvalue weighted by Gasteiger charge is -2.10. The van der Waals surface area contributed by atoms with Crippen LogP contribution in [0.1, 0.15) is 15.9 Å². The molecule has 0 aliphatic carbocycles. The predicted molar refractivity (Wildman–Crippen MR) is 127 cm³/mol. The number of esters is 1. The number of halogens is 1. The number of para-hydroxylation sites is 1. The Balaban J connectivity index is 1.61. The number of nitrogens with one attached hydrogen (secondary N) is 2. The molecule has 0 saturated heterocycles. The summed E-state index contributed by atoms with van der Waals surface area (Å²) in [6.45, 7) is 0. The van der Waals surface area contributed by atoms with Crippen molar-refractivity contribution in [3.8, 4) is 17.2 Å². The maximum Gasteiger partial charge on any atom is 0.343 e. The van der Waals surface area contributed by atoms with E-state index in [1.165, 1.54) is 26.5 Å². The molecule has 0 spiro atoms. The van der Waals surface area contributed by atoms with E-state index in [-0.39, 0.29) is 11.5 Å². The van der Waals surface area contributed by atoms with Gasteiger partial charge in [-0.15, -0.1) is 0 Å². The van der Waals surface area contributed by atoms with Crippen molar-refractivity contribution in [3.05, 3.63) is 82.9 Å². The third-order valence-corrected chi connectivity index (χ3v) is 4.75. The molecule has 0 aliphatic rings. The van der Waals surface area contributed by atoms with Gasteiger partial charge in [0.15, 0.2) is 11.5 Å². The average molecular weight is 482 g/mol. The number of ether oxygens (including phenoxy) is 3. The van der Waals surface area contributed by atoms with Gasteiger partial charge in [0.05, 0.1) is 36.7 Å². The Bertz CT molecular complexity index is 1230. The van der Waals surface area contributed by atoms with Gasteiger partial charge in [-0.2, -0.15) is 5.10 Å². The van der Waals surface area contributed by atoms with Gasteiger partial charge in [0, 0.05) is 0 Å². The van der Waals surface area contributed by atoms with Crippen molar-refractivity contribution in [1.82, 2.24) is 5.43 Å². The molecule has 2 N–H and O–H groups in total. The van der Waals surface area contributed by atoms with E-state index in [9.17, 15) is 14.4 Å². The second-order valence-electron chi connectivity index (χ2n) is 6.66. The summed E-state index contributed by atoms with van der Waals surface area (Å²) < 4.78 is 15.8. The second-order valence-corrected chi connectivity index (χ2v) is 7.07. The van der Waals surface area contributed by atoms with E-state index >= 15 is 0 Å². The smallest absolute Gasteiger partial charge is 0.343 e. The zero-order chi connectivity index (χ0) is 24.5. The van der Waals surface area contributed by atoms with Crippen LogP contribution in [0.2, 0.25) is 5.02 Å². The van der Waals surface area contributed by atoms with Crippen molar-refractivity contribution in [2.45, 2.75) is 0 Å². The number of hydrogen-bond acceptors (Lipinski definition) is 7. The minimum Gasteiger partial charge on any atom is -0.497 e. The third kappa shape index (κ3) is 6.33. The van der Waals surface area contributed by atoms with Crippen molar-refractivity contribution in [2.75, 3.05) is 19.5 Å². The summed E-state index contributed by atoms with van der Waals surface area (Å²) in [5, 5.41) is 6.45. The molecule has 3 aromatic rings. The summed E-state index contributed by atoms with van der Waals surface area (Å²) in [5.41, 5.74) is 3.29. The van der Waals surface area contributed by atoms with Crippen LogP contribution in [0.15, 0.2) is 71.8 Å². The lowest BCUT2D eigenvalue weighted by atomic mass is 10.2. The molecule has 0 fully saturated rings. The second kappa shape index (κ2) is 11.5. The largest absolute Gasteiger partial charge is 0.497 e. The van der Waals surface area contributed by atoms with Crippen LogP contribution in [-0.2, 0) is 9.59 Å². The maximum absolute atomic E-state index is 12.4. The van der Waals surface area contributed by atoms with Gasteiger partial charge in [-0.1, -0.05) is 23.7 Å². The lowest BCUT2D eigenvalue weighted by Crippen LogP contribution is -2.32. The third-order valence-electron chi connectivity index (χ3n) is 4.42. The van der Waals surface area contributed by atoms with Crippen LogP contribution in [0.25, 0.3) is 0 Å². The molecule has 3 aromatic carbocycles. The van der Waals surface area contributed by atoms with Crippen LogP contribution in [0, 0.1) is 0 Å². The summed E-state index contributed by atoms with van der Waals surface area (Å²) in [6, 6.07) is 17.6. The van der Waals surface area contributed by atoms with Crippen LogP contribution >= 0.6 is 11.6 Å². The molecule has 9 nitrogen and oxygen atoms in total. The van der Waals surface area contributed by atoms with Crippen LogP contribution in [-0.4, -0.2) is 38.2 Å². The SMILES string of the molecule is COc1ccc(C(=O)Oc2ccc(C=NNC(=O)C(=O)Nc3ccccc3Cl)cc2OC)cc1. The Kier molecular flexibility index (Phi) is 8.20. The van der Waals surface area contributed by atoms with Crippen molar-refractivity contribution in [2.24, 2.45) is 5.10 Å². The minimum atomic E-state index is -0.979. The van der Waals surface area contributed by atoms with E-state index in [2.05, 4.69) is 15.8 Å². The predicted octanol–water partition coefficient (Wildman–Crippen LogP) is 3.67. The standard InChI is InChI=1S/C24H20ClN3O6/c1-32-17-10-8-16(9-11-17)24(31)34-20-12-7-15(13-21(20)33-2)14-26-28-23(30)22(29)27-19-6-4-3-5-18(19)25/h3-14H,1-2H3,(H,27,29)(H,28,30). The minimum absolute atomic E-state index is 0.198. The van der Waals surface area contributed by atoms with Gasteiger partial charge in [0.1, 0.15) is 5.75 Å². The van der Waals surface area contributed by atoms with E-state index in [1.54, 1.807) is 60.7 Å². The number of benzene rings is 3. The van der Waals surface area contributed by atoms with E-state index < -0.39 is 17.8 Å². The van der Waals surface area contributed by atoms with Gasteiger partial charge >= 0.3 is 17.8 Å². The monoisotopic (exact) mass is 481 g/mol. The molecule has 10 heteroatoms. The first-order valence-electron chi connectivity index (χ1n) is 9.84. The number of carbonyl (C=O) groups excluding carboxylic acids is 3. The summed E-state index contributed by atoms with van der Waals surface area (Å²) in [4.78, 5) is 36.3. The molecule has 0 aliphatic heterocycles. The highest BCUT2D eigenvalue weighted by Gasteiger charge is 2.15. The first-order valence-corrected chi connectivity index (χ1v) is 10.2. The van der Waals surface area contributed by atoms with Crippen LogP contribution in [0.4, 0.5) is 5.69 Å². The fraction of sp³-hybridized carbons (Fsp3) is 0.0833. The molecule has 174 valence electrons. The van der Waals surface area contributed by atoms with E-state index in [4.69, 9.17) is 25.8 Å². The fourth-order valence-electron chi connectivity index (χ4n) is 2.69. The summed E-state index contributed by atoms with van der Waals surface area (Å²) in [6.07, 6.45) is 1.30. The molecule has 0 heterocycles. The van der Waals surface area contributed by atoms with Crippen molar-refractivity contribution >= 4 is 41.3 Å². The van der Waals surface area contributed by atoms with Gasteiger partial charge < -0.3 is 19.5 Å². The summed E-state index contributed by atoms with van der Waals surface area (Å²) in [5.74, 6) is -1.39. The molecule has 34 heavy (non-hydrogen) atoms. The molecule has 0 unspecified atom stereocenters. The van der Waals surface area contributed by atoms with Gasteiger partial charge in [-0.25, -0.2) is 10.2 Å². The quantitative estimate of drug-likeness (QED) is 0.175. The molecule has 0 saturated carbocycles. The fourth-order valence-corrected chi connectivity index (χ4v) is 2.88. The Labute approximate surface area is 200 Å². The Morgan fingerprint density at radius 3 is 2.29 bits per heavy atom. The first-order chi connectivity index (χ1) is 16.4. The number of nitrogens with zero attached hydrogens (tertiary/aromatic N) is 1. The number of carbonyl (C=O) groups is 3. The number of rotatable bonds is 7. The van der Waals surface area contributed by atoms with Crippen LogP contribution in [0.5, 0.6) is 17.2 Å². The summed E-state index contributed by atoms with van der Waals surface area (Å²) >= 11 is 5.95. The zero-order valence-electron chi connectivity index (χ0n) is 18.2. The van der Waals surface area contributed by atoms with E-state index in [0.29, 0.717) is 27.6 Å². The van der Waals surface area contributed by atoms with Gasteiger partial charge in [-0.3, -0.25) is 9.59 Å². The van der Waals surface area contributed by atoms with Gasteiger partial charge in [-0.05, 0) is 60.2 Å². The average Bonchev–Trinajstić information content (AvgIpc) is 2.86. The molecule has 0 bridgehead atoms. The topological polar surface area (TPSA) is 115 Å². The lowest BCUT2D eigenvalue weighted by molar-refractivity contribution is -0.136. The van der Waals surface area contributed by atoms with E-state index in [0.717, 1.165) is 0 Å². The Morgan fingerprint density at radius 1 is 0.882 bits per heavy atom. The van der Waals surface area contributed by atoms with Crippen molar-refractivity contribution in [1.29, 1.82) is 0 Å².